The molecule has 0 radical (unpaired) electrons. The number of aromatic nitrogens is 1. The van der Waals surface area contributed by atoms with Crippen molar-refractivity contribution in [2.75, 3.05) is 16.6 Å². The van der Waals surface area contributed by atoms with Crippen LogP contribution in [0.1, 0.15) is 48.9 Å². The Morgan fingerprint density at radius 1 is 1.03 bits per heavy atom. The third-order valence-electron chi connectivity index (χ3n) is 6.21. The number of rotatable bonds is 7. The van der Waals surface area contributed by atoms with Gasteiger partial charge in [0.25, 0.3) is 10.0 Å². The molecule has 5 nitrogen and oxygen atoms in total. The van der Waals surface area contributed by atoms with Crippen LogP contribution in [0.2, 0.25) is 5.02 Å². The van der Waals surface area contributed by atoms with Crippen LogP contribution in [0.15, 0.2) is 41.3 Å². The molecule has 4 rings (SSSR count). The maximum atomic E-state index is 13.2. The van der Waals surface area contributed by atoms with Crippen molar-refractivity contribution in [2.24, 2.45) is 5.92 Å². The van der Waals surface area contributed by atoms with Gasteiger partial charge in [-0.2, -0.15) is 0 Å². The molecule has 1 aliphatic carbocycles. The number of nitrogens with one attached hydrogen (secondary N) is 2. The Bertz CT molecular complexity index is 1250. The topological polar surface area (TPSA) is 71.1 Å². The van der Waals surface area contributed by atoms with E-state index in [1.807, 2.05) is 32.9 Å². The van der Waals surface area contributed by atoms with Gasteiger partial charge in [-0.1, -0.05) is 54.3 Å². The van der Waals surface area contributed by atoms with Gasteiger partial charge in [-0.15, -0.1) is 0 Å². The number of nitrogens with zero attached hydrogens (tertiary/aromatic N) is 1. The van der Waals surface area contributed by atoms with Crippen LogP contribution >= 0.6 is 22.9 Å². The normalized spacial score (nSPS) is 14.9. The second-order valence-corrected chi connectivity index (χ2v) is 11.9. The Labute approximate surface area is 205 Å². The fourth-order valence-electron chi connectivity index (χ4n) is 4.31. The van der Waals surface area contributed by atoms with Gasteiger partial charge in [0, 0.05) is 17.3 Å². The average molecular weight is 504 g/mol. The van der Waals surface area contributed by atoms with Crippen molar-refractivity contribution in [2.45, 2.75) is 57.8 Å². The van der Waals surface area contributed by atoms with Crippen molar-refractivity contribution in [3.63, 3.8) is 0 Å². The molecule has 2 aromatic carbocycles. The van der Waals surface area contributed by atoms with Crippen LogP contribution in [0.25, 0.3) is 10.4 Å². The summed E-state index contributed by atoms with van der Waals surface area (Å²) in [7, 11) is -3.76. The first kappa shape index (κ1) is 24.0. The SMILES string of the molecule is Cc1cc(NS(=O)(=O)c2cc(-c3sc(NCC4CCCCC4)nc3C)ccc2C)ccc1Cl. The number of sulfonamides is 1. The minimum absolute atomic E-state index is 0.261. The smallest absolute Gasteiger partial charge is 0.262 e. The zero-order valence-electron chi connectivity index (χ0n) is 19.2. The molecular formula is C25H30ClN3O2S2. The summed E-state index contributed by atoms with van der Waals surface area (Å²) in [6.45, 7) is 6.57. The van der Waals surface area contributed by atoms with E-state index < -0.39 is 10.0 Å². The van der Waals surface area contributed by atoms with Crippen LogP contribution in [-0.4, -0.2) is 19.9 Å². The Morgan fingerprint density at radius 2 is 1.79 bits per heavy atom. The molecule has 3 aromatic rings. The number of halogens is 1. The van der Waals surface area contributed by atoms with Gasteiger partial charge in [0.05, 0.1) is 15.5 Å². The first-order valence-electron chi connectivity index (χ1n) is 11.3. The van der Waals surface area contributed by atoms with E-state index in [-0.39, 0.29) is 4.90 Å². The monoisotopic (exact) mass is 503 g/mol. The van der Waals surface area contributed by atoms with Crippen molar-refractivity contribution in [3.8, 4) is 10.4 Å². The first-order chi connectivity index (χ1) is 15.7. The van der Waals surface area contributed by atoms with Gasteiger partial charge in [-0.3, -0.25) is 4.72 Å². The molecule has 176 valence electrons. The lowest BCUT2D eigenvalue weighted by molar-refractivity contribution is 0.373. The molecule has 1 aromatic heterocycles. The molecule has 1 fully saturated rings. The lowest BCUT2D eigenvalue weighted by Gasteiger charge is -2.21. The number of thiazole rings is 1. The molecular weight excluding hydrogens is 474 g/mol. The van der Waals surface area contributed by atoms with Gasteiger partial charge >= 0.3 is 0 Å². The molecule has 8 heteroatoms. The van der Waals surface area contributed by atoms with E-state index in [1.165, 1.54) is 32.1 Å². The van der Waals surface area contributed by atoms with Crippen molar-refractivity contribution < 1.29 is 8.42 Å². The predicted octanol–water partition coefficient (Wildman–Crippen LogP) is 7.18. The highest BCUT2D eigenvalue weighted by Crippen LogP contribution is 2.35. The van der Waals surface area contributed by atoms with Crippen molar-refractivity contribution in [1.82, 2.24) is 4.98 Å². The van der Waals surface area contributed by atoms with Crippen LogP contribution in [-0.2, 0) is 10.0 Å². The van der Waals surface area contributed by atoms with Gasteiger partial charge in [0.15, 0.2) is 5.13 Å². The van der Waals surface area contributed by atoms with Crippen LogP contribution in [0.4, 0.5) is 10.8 Å². The van der Waals surface area contributed by atoms with E-state index in [4.69, 9.17) is 16.6 Å². The summed E-state index contributed by atoms with van der Waals surface area (Å²) in [4.78, 5) is 5.95. The van der Waals surface area contributed by atoms with Crippen molar-refractivity contribution >= 4 is 43.8 Å². The molecule has 0 saturated heterocycles. The number of benzene rings is 2. The van der Waals surface area contributed by atoms with E-state index in [0.29, 0.717) is 22.2 Å². The quantitative estimate of drug-likeness (QED) is 0.358. The largest absolute Gasteiger partial charge is 0.361 e. The van der Waals surface area contributed by atoms with E-state index in [2.05, 4.69) is 10.0 Å². The predicted molar refractivity (Wildman–Crippen MR) is 139 cm³/mol. The number of anilines is 2. The van der Waals surface area contributed by atoms with Gasteiger partial charge in [-0.25, -0.2) is 13.4 Å². The fourth-order valence-corrected chi connectivity index (χ4v) is 6.72. The number of hydrogen-bond acceptors (Lipinski definition) is 5. The summed E-state index contributed by atoms with van der Waals surface area (Å²) in [5.41, 5.74) is 3.75. The maximum absolute atomic E-state index is 13.2. The average Bonchev–Trinajstić information content (AvgIpc) is 3.16. The number of hydrogen-bond donors (Lipinski definition) is 2. The highest BCUT2D eigenvalue weighted by Gasteiger charge is 2.20. The Balaban J connectivity index is 1.56. The minimum atomic E-state index is -3.76. The van der Waals surface area contributed by atoms with Crippen LogP contribution in [0, 0.1) is 26.7 Å². The lowest BCUT2D eigenvalue weighted by Crippen LogP contribution is -2.16. The molecule has 0 amide bonds. The zero-order valence-corrected chi connectivity index (χ0v) is 21.6. The second kappa shape index (κ2) is 10.0. The van der Waals surface area contributed by atoms with E-state index in [1.54, 1.807) is 35.6 Å². The molecule has 0 spiro atoms. The molecule has 0 aliphatic heterocycles. The van der Waals surface area contributed by atoms with Gasteiger partial charge in [0.2, 0.25) is 0 Å². The second-order valence-electron chi connectivity index (χ2n) is 8.87. The van der Waals surface area contributed by atoms with E-state index in [0.717, 1.165) is 33.4 Å². The van der Waals surface area contributed by atoms with E-state index >= 15 is 0 Å². The Hall–Kier alpha value is -2.09. The highest BCUT2D eigenvalue weighted by molar-refractivity contribution is 7.92. The van der Waals surface area contributed by atoms with Crippen LogP contribution in [0.3, 0.4) is 0 Å². The molecule has 2 N–H and O–H groups in total. The molecule has 0 atom stereocenters. The Morgan fingerprint density at radius 3 is 2.52 bits per heavy atom. The summed E-state index contributed by atoms with van der Waals surface area (Å²) >= 11 is 7.66. The minimum Gasteiger partial charge on any atom is -0.361 e. The maximum Gasteiger partial charge on any atom is 0.262 e. The summed E-state index contributed by atoms with van der Waals surface area (Å²) < 4.78 is 29.1. The van der Waals surface area contributed by atoms with Crippen LogP contribution < -0.4 is 10.0 Å². The van der Waals surface area contributed by atoms with Crippen molar-refractivity contribution in [3.05, 3.63) is 58.2 Å². The van der Waals surface area contributed by atoms with Gasteiger partial charge in [0.1, 0.15) is 0 Å². The van der Waals surface area contributed by atoms with Crippen LogP contribution in [0.5, 0.6) is 0 Å². The molecule has 0 bridgehead atoms. The van der Waals surface area contributed by atoms with E-state index in [9.17, 15) is 8.42 Å². The highest BCUT2D eigenvalue weighted by atomic mass is 35.5. The molecule has 1 heterocycles. The third-order valence-corrected chi connectivity index (χ3v) is 9.32. The van der Waals surface area contributed by atoms with Gasteiger partial charge in [-0.05, 0) is 80.5 Å². The molecule has 1 aliphatic rings. The molecule has 1 saturated carbocycles. The van der Waals surface area contributed by atoms with Gasteiger partial charge < -0.3 is 5.32 Å². The Kier molecular flexibility index (Phi) is 7.31. The summed E-state index contributed by atoms with van der Waals surface area (Å²) in [5.74, 6) is 0.713. The molecule has 0 unspecified atom stereocenters. The lowest BCUT2D eigenvalue weighted by atomic mass is 9.89. The third kappa shape index (κ3) is 5.70. The standard InChI is InChI=1S/C25H30ClN3O2S2/c1-16-9-10-20(14-23(16)33(30,31)29-21-11-12-22(26)17(2)13-21)24-18(3)28-25(32-24)27-15-19-7-5-4-6-8-19/h9-14,19,29H,4-8,15H2,1-3H3,(H,27,28). The number of aryl methyl sites for hydroxylation is 3. The summed E-state index contributed by atoms with van der Waals surface area (Å²) in [6.07, 6.45) is 6.55. The first-order valence-corrected chi connectivity index (χ1v) is 14.0. The zero-order chi connectivity index (χ0) is 23.6. The summed E-state index contributed by atoms with van der Waals surface area (Å²) in [5, 5.41) is 5.01. The van der Waals surface area contributed by atoms with Crippen molar-refractivity contribution in [1.29, 1.82) is 0 Å². The molecule has 33 heavy (non-hydrogen) atoms. The summed E-state index contributed by atoms with van der Waals surface area (Å²) in [6, 6.07) is 10.7. The fraction of sp³-hybridized carbons (Fsp3) is 0.400.